The molecule has 14 heteroatoms. The fraction of sp³-hybridized carbons (Fsp3) is 0.500. The highest BCUT2D eigenvalue weighted by Gasteiger charge is 2.20. The van der Waals surface area contributed by atoms with Crippen LogP contribution >= 0.6 is 11.8 Å². The van der Waals surface area contributed by atoms with E-state index in [9.17, 15) is 0 Å². The average Bonchev–Trinajstić information content (AvgIpc) is 2.82. The summed E-state index contributed by atoms with van der Waals surface area (Å²) in [5, 5.41) is 36.3. The molecule has 1 aliphatic heterocycles. The lowest BCUT2D eigenvalue weighted by atomic mass is 10.2. The summed E-state index contributed by atoms with van der Waals surface area (Å²) >= 11 is 1.78. The van der Waals surface area contributed by atoms with Crippen molar-refractivity contribution in [3.63, 3.8) is 0 Å². The van der Waals surface area contributed by atoms with Crippen molar-refractivity contribution in [1.82, 2.24) is 14.9 Å². The summed E-state index contributed by atoms with van der Waals surface area (Å²) in [4.78, 5) is 28.6. The summed E-state index contributed by atoms with van der Waals surface area (Å²) in [7, 11) is 0. The molecule has 0 amide bonds. The third kappa shape index (κ3) is 9.43. The number of hydrogen-bond donors (Lipinski definition) is 4. The largest absolute Gasteiger partial charge is 0.396 e. The molecular weight excluding hydrogens is 372 g/mol. The van der Waals surface area contributed by atoms with Crippen LogP contribution in [0, 0.1) is 27.2 Å². The first-order valence-electron chi connectivity index (χ1n) is 7.01. The van der Waals surface area contributed by atoms with Gasteiger partial charge in [-0.1, -0.05) is 0 Å². The fourth-order valence-electron chi connectivity index (χ4n) is 1.89. The van der Waals surface area contributed by atoms with Crippen LogP contribution in [0.1, 0.15) is 24.7 Å². The number of thioether (sulfide) groups is 1. The Morgan fingerprint density at radius 2 is 1.85 bits per heavy atom. The second-order valence-corrected chi connectivity index (χ2v) is 5.80. The van der Waals surface area contributed by atoms with Crippen molar-refractivity contribution in [2.45, 2.75) is 26.8 Å². The van der Waals surface area contributed by atoms with E-state index in [1.807, 2.05) is 6.92 Å². The molecule has 0 atom stereocenters. The molecular formula is C12H20N6O7S. The molecule has 0 aliphatic carbocycles. The molecule has 146 valence electrons. The van der Waals surface area contributed by atoms with Gasteiger partial charge in [-0.05, 0) is 13.8 Å². The maximum Gasteiger partial charge on any atom is 0.291 e. The van der Waals surface area contributed by atoms with Gasteiger partial charge in [0, 0.05) is 41.9 Å². The normalized spacial score (nSPS) is 12.7. The van der Waals surface area contributed by atoms with Gasteiger partial charge in [0.15, 0.2) is 0 Å². The van der Waals surface area contributed by atoms with Crippen LogP contribution in [0.5, 0.6) is 0 Å². The minimum Gasteiger partial charge on any atom is -0.396 e. The van der Waals surface area contributed by atoms with E-state index in [0.717, 1.165) is 24.4 Å². The van der Waals surface area contributed by atoms with Gasteiger partial charge in [-0.2, -0.15) is 0 Å². The van der Waals surface area contributed by atoms with Crippen molar-refractivity contribution in [3.8, 4) is 0 Å². The van der Waals surface area contributed by atoms with Gasteiger partial charge in [-0.25, -0.2) is 9.97 Å². The summed E-state index contributed by atoms with van der Waals surface area (Å²) < 4.78 is 0. The molecule has 26 heavy (non-hydrogen) atoms. The van der Waals surface area contributed by atoms with Gasteiger partial charge in [0.05, 0.1) is 5.88 Å². The van der Waals surface area contributed by atoms with Crippen molar-refractivity contribution in [3.05, 3.63) is 48.4 Å². The molecule has 0 radical (unpaired) electrons. The molecule has 2 heterocycles. The highest BCUT2D eigenvalue weighted by Crippen LogP contribution is 2.34. The topological polar surface area (TPSA) is 202 Å². The van der Waals surface area contributed by atoms with Crippen molar-refractivity contribution in [2.24, 2.45) is 0 Å². The van der Waals surface area contributed by atoms with Gasteiger partial charge in [-0.3, -0.25) is 0 Å². The summed E-state index contributed by atoms with van der Waals surface area (Å²) in [5.74, 6) is 2.14. The Labute approximate surface area is 152 Å². The lowest BCUT2D eigenvalue weighted by Crippen LogP contribution is -2.18. The standard InChI is InChI=1S/C12H18N4OS.2HNO3/c1-8-11(3-4-17)18-7-16(8)6-10-5-14-9(2)15-12(10)13;2*2-1(3)4/h5,17H,3-4,6-7H2,1-2H3,(H2,13,14,15);2*(H,2,3,4). The first kappa shape index (κ1) is 23.1. The Bertz CT molecular complexity index is 637. The van der Waals surface area contributed by atoms with Crippen LogP contribution in [0.4, 0.5) is 5.82 Å². The predicted octanol–water partition coefficient (Wildman–Crippen LogP) is 0.792. The lowest BCUT2D eigenvalue weighted by molar-refractivity contribution is -0.742. The van der Waals surface area contributed by atoms with E-state index in [0.29, 0.717) is 11.6 Å². The number of allylic oxidation sites excluding steroid dienone is 1. The molecule has 0 unspecified atom stereocenters. The molecule has 1 aromatic heterocycles. The number of anilines is 1. The van der Waals surface area contributed by atoms with Crippen molar-refractivity contribution in [2.75, 3.05) is 18.2 Å². The number of nitrogen functional groups attached to an aromatic ring is 1. The van der Waals surface area contributed by atoms with Crippen molar-refractivity contribution >= 4 is 17.6 Å². The zero-order valence-corrected chi connectivity index (χ0v) is 14.9. The zero-order chi connectivity index (χ0) is 20.3. The van der Waals surface area contributed by atoms with Gasteiger partial charge in [-0.15, -0.1) is 32.0 Å². The zero-order valence-electron chi connectivity index (χ0n) is 14.1. The molecule has 0 bridgehead atoms. The van der Waals surface area contributed by atoms with Crippen molar-refractivity contribution < 1.29 is 25.7 Å². The van der Waals surface area contributed by atoms with Gasteiger partial charge in [0.25, 0.3) is 10.2 Å². The second kappa shape index (κ2) is 11.6. The first-order chi connectivity index (χ1) is 12.1. The van der Waals surface area contributed by atoms with Crippen LogP contribution in [-0.2, 0) is 6.54 Å². The maximum atomic E-state index is 8.99. The summed E-state index contributed by atoms with van der Waals surface area (Å²) in [5.41, 5.74) is 8.06. The summed E-state index contributed by atoms with van der Waals surface area (Å²) in [6.45, 7) is 4.83. The maximum absolute atomic E-state index is 8.99. The van der Waals surface area contributed by atoms with E-state index in [4.69, 9.17) is 41.5 Å². The molecule has 1 aliphatic rings. The quantitative estimate of drug-likeness (QED) is 0.415. The molecule has 5 N–H and O–H groups in total. The Morgan fingerprint density at radius 3 is 2.31 bits per heavy atom. The summed E-state index contributed by atoms with van der Waals surface area (Å²) in [6.07, 6.45) is 2.52. The van der Waals surface area contributed by atoms with Crippen LogP contribution in [0.15, 0.2) is 16.8 Å². The minimum atomic E-state index is -1.50. The number of aliphatic hydroxyl groups excluding tert-OH is 1. The highest BCUT2D eigenvalue weighted by molar-refractivity contribution is 8.03. The lowest BCUT2D eigenvalue weighted by Gasteiger charge is -2.19. The van der Waals surface area contributed by atoms with E-state index in [1.54, 1.807) is 18.0 Å². The molecule has 1 aromatic rings. The SMILES string of the molecule is CC1=C(CCO)SCN1Cc1cnc(C)nc1N.O=[N+]([O-])O.O=[N+]([O-])O. The Morgan fingerprint density at radius 1 is 1.31 bits per heavy atom. The van der Waals surface area contributed by atoms with Gasteiger partial charge in [0.1, 0.15) is 11.6 Å². The van der Waals surface area contributed by atoms with E-state index in [1.165, 1.54) is 10.6 Å². The molecule has 0 aromatic carbocycles. The highest BCUT2D eigenvalue weighted by atomic mass is 32.2. The van der Waals surface area contributed by atoms with Crippen LogP contribution in [0.2, 0.25) is 0 Å². The number of rotatable bonds is 4. The monoisotopic (exact) mass is 392 g/mol. The Hall–Kier alpha value is -2.87. The van der Waals surface area contributed by atoms with Crippen LogP contribution < -0.4 is 5.73 Å². The molecule has 0 fully saturated rings. The molecule has 0 saturated carbocycles. The number of aliphatic hydroxyl groups is 1. The smallest absolute Gasteiger partial charge is 0.291 e. The second-order valence-electron chi connectivity index (χ2n) is 4.76. The van der Waals surface area contributed by atoms with E-state index < -0.39 is 10.2 Å². The third-order valence-corrected chi connectivity index (χ3v) is 4.28. The van der Waals surface area contributed by atoms with E-state index >= 15 is 0 Å². The molecule has 13 nitrogen and oxygen atoms in total. The summed E-state index contributed by atoms with van der Waals surface area (Å²) in [6, 6.07) is 0. The number of aryl methyl sites for hydroxylation is 1. The predicted molar refractivity (Wildman–Crippen MR) is 91.1 cm³/mol. The van der Waals surface area contributed by atoms with Crippen LogP contribution in [0.25, 0.3) is 0 Å². The third-order valence-electron chi connectivity index (χ3n) is 2.99. The van der Waals surface area contributed by atoms with Gasteiger partial charge >= 0.3 is 0 Å². The number of nitrogens with zero attached hydrogens (tertiary/aromatic N) is 5. The Kier molecular flexibility index (Phi) is 10.4. The number of nitrogens with two attached hydrogens (primary N) is 1. The number of hydrogen-bond acceptors (Lipinski definition) is 10. The van der Waals surface area contributed by atoms with Gasteiger partial charge < -0.3 is 26.2 Å². The molecule has 0 spiro atoms. The molecule has 2 rings (SSSR count). The fourth-order valence-corrected chi connectivity index (χ4v) is 3.06. The minimum absolute atomic E-state index is 0.198. The first-order valence-corrected chi connectivity index (χ1v) is 7.99. The number of aromatic nitrogens is 2. The van der Waals surface area contributed by atoms with E-state index in [-0.39, 0.29) is 6.61 Å². The Balaban J connectivity index is 0.000000662. The van der Waals surface area contributed by atoms with Crippen LogP contribution in [-0.4, -0.2) is 53.0 Å². The van der Waals surface area contributed by atoms with Crippen LogP contribution in [0.3, 0.4) is 0 Å². The van der Waals surface area contributed by atoms with Crippen molar-refractivity contribution in [1.29, 1.82) is 0 Å². The molecule has 0 saturated heterocycles. The van der Waals surface area contributed by atoms with Gasteiger partial charge in [0.2, 0.25) is 0 Å². The average molecular weight is 392 g/mol. The van der Waals surface area contributed by atoms with E-state index in [2.05, 4.69) is 21.8 Å².